The Morgan fingerprint density at radius 3 is 2.21 bits per heavy atom. The Morgan fingerprint density at radius 1 is 0.795 bits per heavy atom. The number of pyridine rings is 1. The summed E-state index contributed by atoms with van der Waals surface area (Å²) in [5.74, 6) is -2.17. The SMILES string of the molecule is CC(c1ccc(-c2ccc(C(F)(F)F)cc2C(F)(F)F)cn1)n1cc2nc(-c3cccc(F)c3F)nc-2cn1. The van der Waals surface area contributed by atoms with E-state index in [2.05, 4.69) is 20.1 Å². The Balaban J connectivity index is 1.45. The highest BCUT2D eigenvalue weighted by Gasteiger charge is 2.38. The van der Waals surface area contributed by atoms with E-state index in [4.69, 9.17) is 0 Å². The van der Waals surface area contributed by atoms with Crippen LogP contribution in [0.2, 0.25) is 0 Å². The zero-order valence-corrected chi connectivity index (χ0v) is 19.7. The minimum Gasteiger partial charge on any atom is -0.262 e. The smallest absolute Gasteiger partial charge is 0.262 e. The van der Waals surface area contributed by atoms with Crippen LogP contribution in [0.3, 0.4) is 0 Å². The Bertz CT molecular complexity index is 1620. The first-order chi connectivity index (χ1) is 18.3. The summed E-state index contributed by atoms with van der Waals surface area (Å²) < 4.78 is 109. The van der Waals surface area contributed by atoms with Crippen LogP contribution in [-0.4, -0.2) is 24.7 Å². The fourth-order valence-electron chi connectivity index (χ4n) is 4.00. The molecule has 13 heteroatoms. The molecule has 5 rings (SSSR count). The van der Waals surface area contributed by atoms with Gasteiger partial charge < -0.3 is 0 Å². The quantitative estimate of drug-likeness (QED) is 0.219. The number of halogens is 8. The maximum absolute atomic E-state index is 14.2. The fourth-order valence-corrected chi connectivity index (χ4v) is 4.00. The second-order valence-electron chi connectivity index (χ2n) is 8.58. The number of aromatic nitrogens is 5. The van der Waals surface area contributed by atoms with E-state index in [0.717, 1.165) is 18.3 Å². The van der Waals surface area contributed by atoms with Gasteiger partial charge in [0.1, 0.15) is 11.4 Å². The third-order valence-corrected chi connectivity index (χ3v) is 6.05. The van der Waals surface area contributed by atoms with Gasteiger partial charge in [-0.05, 0) is 42.8 Å². The Labute approximate surface area is 215 Å². The fraction of sp³-hybridized carbons (Fsp3) is 0.154. The molecule has 2 aliphatic rings. The molecule has 3 aromatic rings. The number of hydrogen-bond acceptors (Lipinski definition) is 4. The van der Waals surface area contributed by atoms with E-state index in [0.29, 0.717) is 23.1 Å². The molecule has 2 aromatic carbocycles. The van der Waals surface area contributed by atoms with Crippen LogP contribution in [0.25, 0.3) is 33.9 Å². The molecule has 0 fully saturated rings. The Hall–Kier alpha value is -4.42. The molecule has 0 aliphatic carbocycles. The summed E-state index contributed by atoms with van der Waals surface area (Å²) in [7, 11) is 0. The number of fused-ring (bicyclic) bond motifs is 1. The second-order valence-corrected chi connectivity index (χ2v) is 8.58. The lowest BCUT2D eigenvalue weighted by molar-refractivity contribution is -0.142. The van der Waals surface area contributed by atoms with E-state index in [1.165, 1.54) is 41.3 Å². The van der Waals surface area contributed by atoms with Crippen LogP contribution in [0.1, 0.15) is 29.8 Å². The minimum atomic E-state index is -5.02. The van der Waals surface area contributed by atoms with Gasteiger partial charge in [-0.1, -0.05) is 18.2 Å². The highest BCUT2D eigenvalue weighted by molar-refractivity contribution is 5.68. The average Bonchev–Trinajstić information content (AvgIpc) is 3.32. The van der Waals surface area contributed by atoms with Crippen molar-refractivity contribution >= 4 is 0 Å². The van der Waals surface area contributed by atoms with Gasteiger partial charge >= 0.3 is 12.4 Å². The normalized spacial score (nSPS) is 13.2. The lowest BCUT2D eigenvalue weighted by Crippen LogP contribution is -2.13. The second kappa shape index (κ2) is 9.40. The molecule has 3 heterocycles. The van der Waals surface area contributed by atoms with E-state index in [1.54, 1.807) is 6.92 Å². The average molecular weight is 549 g/mol. The van der Waals surface area contributed by atoms with Crippen LogP contribution in [0, 0.1) is 11.6 Å². The molecule has 2 aliphatic heterocycles. The highest BCUT2D eigenvalue weighted by atomic mass is 19.4. The topological polar surface area (TPSA) is 56.5 Å². The zero-order chi connectivity index (χ0) is 28.1. The van der Waals surface area contributed by atoms with Gasteiger partial charge in [-0.15, -0.1) is 0 Å². The van der Waals surface area contributed by atoms with Crippen LogP contribution in [-0.2, 0) is 12.4 Å². The van der Waals surface area contributed by atoms with Gasteiger partial charge in [0, 0.05) is 11.8 Å². The number of benzene rings is 2. The van der Waals surface area contributed by atoms with Crippen LogP contribution in [0.4, 0.5) is 35.1 Å². The molecule has 5 nitrogen and oxygen atoms in total. The van der Waals surface area contributed by atoms with E-state index in [9.17, 15) is 35.1 Å². The summed E-state index contributed by atoms with van der Waals surface area (Å²) in [6.07, 6.45) is -5.95. The van der Waals surface area contributed by atoms with E-state index < -0.39 is 46.7 Å². The van der Waals surface area contributed by atoms with Crippen LogP contribution < -0.4 is 0 Å². The minimum absolute atomic E-state index is 0.0240. The standard InChI is InChI=1S/C26H15F8N5/c1-13(39-12-22-21(11-36-39)37-24(38-22)17-3-2-4-19(27)23(17)28)20-8-5-14(10-35-20)16-7-6-15(25(29,30)31)9-18(16)26(32,33)34/h2-13H,1H3. The van der Waals surface area contributed by atoms with E-state index in [1.807, 2.05) is 0 Å². The van der Waals surface area contributed by atoms with Gasteiger partial charge in [-0.25, -0.2) is 18.7 Å². The van der Waals surface area contributed by atoms with Crippen molar-refractivity contribution in [3.05, 3.63) is 95.6 Å². The van der Waals surface area contributed by atoms with Crippen molar-refractivity contribution < 1.29 is 35.1 Å². The molecular formula is C26H15F8N5. The van der Waals surface area contributed by atoms with Gasteiger partial charge in [0.25, 0.3) is 0 Å². The first kappa shape index (κ1) is 26.2. The molecule has 1 unspecified atom stereocenters. The van der Waals surface area contributed by atoms with Gasteiger partial charge in [-0.2, -0.15) is 31.4 Å². The monoisotopic (exact) mass is 549 g/mol. The number of rotatable bonds is 4. The largest absolute Gasteiger partial charge is 0.417 e. The predicted octanol–water partition coefficient (Wildman–Crippen LogP) is 7.43. The summed E-state index contributed by atoms with van der Waals surface area (Å²) in [4.78, 5) is 12.6. The molecule has 1 atom stereocenters. The van der Waals surface area contributed by atoms with Crippen molar-refractivity contribution in [3.63, 3.8) is 0 Å². The van der Waals surface area contributed by atoms with Crippen molar-refractivity contribution in [2.45, 2.75) is 25.3 Å². The third-order valence-electron chi connectivity index (χ3n) is 6.05. The highest BCUT2D eigenvalue weighted by Crippen LogP contribution is 2.41. The molecule has 0 spiro atoms. The van der Waals surface area contributed by atoms with Gasteiger partial charge in [-0.3, -0.25) is 9.67 Å². The molecule has 200 valence electrons. The molecule has 39 heavy (non-hydrogen) atoms. The molecule has 0 radical (unpaired) electrons. The van der Waals surface area contributed by atoms with Crippen LogP contribution in [0.15, 0.2) is 67.1 Å². The molecule has 0 N–H and O–H groups in total. The first-order valence-corrected chi connectivity index (χ1v) is 11.2. The van der Waals surface area contributed by atoms with Crippen molar-refractivity contribution in [3.8, 4) is 33.9 Å². The molecule has 0 saturated heterocycles. The summed E-state index contributed by atoms with van der Waals surface area (Å²) in [6, 6.07) is 7.26. The number of imidazole rings is 1. The Morgan fingerprint density at radius 2 is 1.54 bits per heavy atom. The maximum Gasteiger partial charge on any atom is 0.417 e. The van der Waals surface area contributed by atoms with Gasteiger partial charge in [0.2, 0.25) is 0 Å². The summed E-state index contributed by atoms with van der Waals surface area (Å²) in [5, 5.41) is 4.24. The predicted molar refractivity (Wildman–Crippen MR) is 123 cm³/mol. The van der Waals surface area contributed by atoms with E-state index in [-0.39, 0.29) is 23.0 Å². The molecular weight excluding hydrogens is 534 g/mol. The lowest BCUT2D eigenvalue weighted by atomic mass is 9.97. The molecule has 0 saturated carbocycles. The maximum atomic E-state index is 14.2. The van der Waals surface area contributed by atoms with E-state index >= 15 is 0 Å². The summed E-state index contributed by atoms with van der Waals surface area (Å²) in [5.41, 5.74) is -2.40. The zero-order valence-electron chi connectivity index (χ0n) is 19.7. The van der Waals surface area contributed by atoms with Crippen LogP contribution in [0.5, 0.6) is 0 Å². The van der Waals surface area contributed by atoms with Crippen molar-refractivity contribution in [1.82, 2.24) is 24.7 Å². The van der Waals surface area contributed by atoms with Crippen LogP contribution >= 0.6 is 0 Å². The van der Waals surface area contributed by atoms with Gasteiger partial charge in [0.05, 0.1) is 40.8 Å². The lowest BCUT2D eigenvalue weighted by Gasteiger charge is -2.17. The number of nitrogens with zero attached hydrogens (tertiary/aromatic N) is 5. The molecule has 0 amide bonds. The Kier molecular flexibility index (Phi) is 6.31. The molecule has 0 bridgehead atoms. The van der Waals surface area contributed by atoms with Gasteiger partial charge in [0.15, 0.2) is 17.5 Å². The van der Waals surface area contributed by atoms with Crippen molar-refractivity contribution in [1.29, 1.82) is 0 Å². The van der Waals surface area contributed by atoms with Crippen molar-refractivity contribution in [2.24, 2.45) is 0 Å². The first-order valence-electron chi connectivity index (χ1n) is 11.2. The summed E-state index contributed by atoms with van der Waals surface area (Å²) in [6.45, 7) is 1.70. The number of hydrogen-bond donors (Lipinski definition) is 0. The number of alkyl halides is 6. The third kappa shape index (κ3) is 5.03. The van der Waals surface area contributed by atoms with Crippen molar-refractivity contribution in [2.75, 3.05) is 0 Å². The summed E-state index contributed by atoms with van der Waals surface area (Å²) >= 11 is 0. The molecule has 1 aromatic heterocycles.